The molecule has 0 bridgehead atoms. The van der Waals surface area contributed by atoms with Crippen molar-refractivity contribution in [2.45, 2.75) is 6.92 Å². The van der Waals surface area contributed by atoms with Crippen LogP contribution in [0.3, 0.4) is 0 Å². The van der Waals surface area contributed by atoms with Crippen molar-refractivity contribution in [1.82, 2.24) is 9.97 Å². The van der Waals surface area contributed by atoms with Crippen molar-refractivity contribution in [3.8, 4) is 11.1 Å². The summed E-state index contributed by atoms with van der Waals surface area (Å²) >= 11 is 5.88. The smallest absolute Gasteiger partial charge is 0.224 e. The number of anilines is 2. The van der Waals surface area contributed by atoms with Gasteiger partial charge in [0.15, 0.2) is 0 Å². The topological polar surface area (TPSA) is 37.8 Å². The van der Waals surface area contributed by atoms with E-state index in [1.54, 1.807) is 6.20 Å². The maximum Gasteiger partial charge on any atom is 0.224 e. The predicted molar refractivity (Wildman–Crippen MR) is 86.9 cm³/mol. The maximum absolute atomic E-state index is 5.88. The lowest BCUT2D eigenvalue weighted by molar-refractivity contribution is 1.13. The van der Waals surface area contributed by atoms with Crippen LogP contribution in [0, 0.1) is 6.92 Å². The molecule has 21 heavy (non-hydrogen) atoms. The molecule has 0 aliphatic carbocycles. The van der Waals surface area contributed by atoms with E-state index in [1.807, 2.05) is 43.3 Å². The molecular formula is C17H14ClN3. The number of hydrogen-bond donors (Lipinski definition) is 1. The standard InChI is InChI=1S/C17H14ClN3/c1-12-11-19-17(18)21-16(12)20-15-10-6-5-9-14(15)13-7-3-2-4-8-13/h2-11H,1H3,(H,19,20,21). The summed E-state index contributed by atoms with van der Waals surface area (Å²) in [6.07, 6.45) is 1.71. The maximum atomic E-state index is 5.88. The second kappa shape index (κ2) is 5.94. The van der Waals surface area contributed by atoms with E-state index in [-0.39, 0.29) is 5.28 Å². The van der Waals surface area contributed by atoms with Gasteiger partial charge in [0.25, 0.3) is 0 Å². The lowest BCUT2D eigenvalue weighted by Crippen LogP contribution is -1.99. The van der Waals surface area contributed by atoms with Crippen LogP contribution in [0.1, 0.15) is 5.56 Å². The molecule has 0 amide bonds. The van der Waals surface area contributed by atoms with Gasteiger partial charge in [0, 0.05) is 23.0 Å². The molecule has 1 N–H and O–H groups in total. The number of hydrogen-bond acceptors (Lipinski definition) is 3. The predicted octanol–water partition coefficient (Wildman–Crippen LogP) is 4.85. The van der Waals surface area contributed by atoms with Crippen LogP contribution in [-0.2, 0) is 0 Å². The van der Waals surface area contributed by atoms with Crippen molar-refractivity contribution in [2.24, 2.45) is 0 Å². The first-order chi connectivity index (χ1) is 10.2. The Morgan fingerprint density at radius 1 is 0.952 bits per heavy atom. The van der Waals surface area contributed by atoms with E-state index in [1.165, 1.54) is 0 Å². The summed E-state index contributed by atoms with van der Waals surface area (Å²) < 4.78 is 0. The molecule has 0 aliphatic rings. The molecular weight excluding hydrogens is 282 g/mol. The Morgan fingerprint density at radius 3 is 2.48 bits per heavy atom. The van der Waals surface area contributed by atoms with E-state index in [9.17, 15) is 0 Å². The second-order valence-corrected chi connectivity index (χ2v) is 5.05. The highest BCUT2D eigenvalue weighted by Crippen LogP contribution is 2.30. The fourth-order valence-corrected chi connectivity index (χ4v) is 2.27. The summed E-state index contributed by atoms with van der Waals surface area (Å²) in [6, 6.07) is 18.3. The Morgan fingerprint density at radius 2 is 1.67 bits per heavy atom. The number of para-hydroxylation sites is 1. The minimum atomic E-state index is 0.236. The van der Waals surface area contributed by atoms with Crippen molar-refractivity contribution < 1.29 is 0 Å². The first-order valence-corrected chi connectivity index (χ1v) is 7.02. The highest BCUT2D eigenvalue weighted by molar-refractivity contribution is 6.28. The Bertz CT molecular complexity index is 757. The summed E-state index contributed by atoms with van der Waals surface area (Å²) in [5.74, 6) is 0.721. The number of rotatable bonds is 3. The van der Waals surface area contributed by atoms with Crippen LogP contribution < -0.4 is 5.32 Å². The highest BCUT2D eigenvalue weighted by Gasteiger charge is 2.07. The average Bonchev–Trinajstić information content (AvgIpc) is 2.52. The van der Waals surface area contributed by atoms with Crippen molar-refractivity contribution >= 4 is 23.1 Å². The van der Waals surface area contributed by atoms with E-state index in [0.29, 0.717) is 0 Å². The molecule has 0 radical (unpaired) electrons. The Balaban J connectivity index is 2.02. The lowest BCUT2D eigenvalue weighted by Gasteiger charge is -2.13. The zero-order valence-corrected chi connectivity index (χ0v) is 12.3. The normalized spacial score (nSPS) is 10.4. The van der Waals surface area contributed by atoms with Crippen molar-refractivity contribution in [3.63, 3.8) is 0 Å². The molecule has 3 aromatic rings. The molecule has 0 aliphatic heterocycles. The third-order valence-electron chi connectivity index (χ3n) is 3.21. The van der Waals surface area contributed by atoms with Gasteiger partial charge in [-0.2, -0.15) is 0 Å². The van der Waals surface area contributed by atoms with Gasteiger partial charge < -0.3 is 5.32 Å². The molecule has 1 heterocycles. The molecule has 4 heteroatoms. The lowest BCUT2D eigenvalue weighted by atomic mass is 10.0. The Labute approximate surface area is 128 Å². The number of nitrogens with one attached hydrogen (secondary N) is 1. The molecule has 0 unspecified atom stereocenters. The van der Waals surface area contributed by atoms with Crippen LogP contribution in [0.2, 0.25) is 5.28 Å². The summed E-state index contributed by atoms with van der Waals surface area (Å²) in [5.41, 5.74) is 4.20. The van der Waals surface area contributed by atoms with E-state index < -0.39 is 0 Å². The third kappa shape index (κ3) is 3.03. The van der Waals surface area contributed by atoms with Gasteiger partial charge in [-0.1, -0.05) is 48.5 Å². The fourth-order valence-electron chi connectivity index (χ4n) is 2.14. The van der Waals surface area contributed by atoms with E-state index in [4.69, 9.17) is 11.6 Å². The summed E-state index contributed by atoms with van der Waals surface area (Å²) in [6.45, 7) is 1.95. The van der Waals surface area contributed by atoms with Gasteiger partial charge in [0.2, 0.25) is 5.28 Å². The van der Waals surface area contributed by atoms with Gasteiger partial charge in [-0.25, -0.2) is 9.97 Å². The van der Waals surface area contributed by atoms with E-state index in [2.05, 4.69) is 33.5 Å². The molecule has 3 nitrogen and oxygen atoms in total. The number of benzene rings is 2. The van der Waals surface area contributed by atoms with Gasteiger partial charge in [-0.3, -0.25) is 0 Å². The zero-order valence-electron chi connectivity index (χ0n) is 11.5. The molecule has 1 aromatic heterocycles. The molecule has 3 rings (SSSR count). The van der Waals surface area contributed by atoms with Gasteiger partial charge in [-0.05, 0) is 30.2 Å². The fraction of sp³-hybridized carbons (Fsp3) is 0.0588. The van der Waals surface area contributed by atoms with Crippen molar-refractivity contribution in [3.05, 3.63) is 71.6 Å². The van der Waals surface area contributed by atoms with Crippen LogP contribution in [0.25, 0.3) is 11.1 Å². The highest BCUT2D eigenvalue weighted by atomic mass is 35.5. The molecule has 0 saturated carbocycles. The minimum Gasteiger partial charge on any atom is -0.339 e. The summed E-state index contributed by atoms with van der Waals surface area (Å²) in [5, 5.41) is 3.58. The monoisotopic (exact) mass is 295 g/mol. The molecule has 0 saturated heterocycles. The third-order valence-corrected chi connectivity index (χ3v) is 3.39. The van der Waals surface area contributed by atoms with Crippen molar-refractivity contribution in [2.75, 3.05) is 5.32 Å². The van der Waals surface area contributed by atoms with Gasteiger partial charge in [0.1, 0.15) is 5.82 Å². The van der Waals surface area contributed by atoms with Crippen LogP contribution in [0.5, 0.6) is 0 Å². The summed E-state index contributed by atoms with van der Waals surface area (Å²) in [7, 11) is 0. The minimum absolute atomic E-state index is 0.236. The number of nitrogens with zero attached hydrogens (tertiary/aromatic N) is 2. The van der Waals surface area contributed by atoms with Crippen LogP contribution >= 0.6 is 11.6 Å². The Kier molecular flexibility index (Phi) is 3.84. The molecule has 2 aromatic carbocycles. The molecule has 0 fully saturated rings. The quantitative estimate of drug-likeness (QED) is 0.702. The van der Waals surface area contributed by atoms with Crippen LogP contribution in [-0.4, -0.2) is 9.97 Å². The van der Waals surface area contributed by atoms with Crippen molar-refractivity contribution in [1.29, 1.82) is 0 Å². The zero-order chi connectivity index (χ0) is 14.7. The largest absolute Gasteiger partial charge is 0.339 e. The van der Waals surface area contributed by atoms with Crippen LogP contribution in [0.4, 0.5) is 11.5 Å². The van der Waals surface area contributed by atoms with Gasteiger partial charge >= 0.3 is 0 Å². The molecule has 0 spiro atoms. The van der Waals surface area contributed by atoms with Gasteiger partial charge in [0.05, 0.1) is 0 Å². The number of halogens is 1. The second-order valence-electron chi connectivity index (χ2n) is 4.71. The van der Waals surface area contributed by atoms with E-state index in [0.717, 1.165) is 28.2 Å². The molecule has 104 valence electrons. The first-order valence-electron chi connectivity index (χ1n) is 6.64. The van der Waals surface area contributed by atoms with Gasteiger partial charge in [-0.15, -0.1) is 0 Å². The number of aryl methyl sites for hydroxylation is 1. The summed E-state index contributed by atoms with van der Waals surface area (Å²) in [4.78, 5) is 8.22. The Hall–Kier alpha value is -2.39. The van der Waals surface area contributed by atoms with E-state index >= 15 is 0 Å². The number of aromatic nitrogens is 2. The molecule has 0 atom stereocenters. The van der Waals surface area contributed by atoms with Crippen LogP contribution in [0.15, 0.2) is 60.8 Å². The first kappa shape index (κ1) is 13.6. The average molecular weight is 296 g/mol. The SMILES string of the molecule is Cc1cnc(Cl)nc1Nc1ccccc1-c1ccccc1.